The Morgan fingerprint density at radius 1 is 0.362 bits per heavy atom. The molecule has 6 heteroatoms. The van der Waals surface area contributed by atoms with Gasteiger partial charge in [0.25, 0.3) is 0 Å². The van der Waals surface area contributed by atoms with E-state index in [1.165, 1.54) is 96.3 Å². The van der Waals surface area contributed by atoms with Crippen molar-refractivity contribution < 1.29 is 28.6 Å². The second-order valence-corrected chi connectivity index (χ2v) is 16.3. The number of carbonyl (C=O) groups excluding carboxylic acids is 3. The van der Waals surface area contributed by atoms with E-state index < -0.39 is 6.10 Å². The fourth-order valence-electron chi connectivity index (χ4n) is 6.85. The number of carbonyl (C=O) groups is 3. The van der Waals surface area contributed by atoms with E-state index in [1.807, 2.05) is 0 Å². The predicted octanol–water partition coefficient (Wildman–Crippen LogP) is 15.9. The Morgan fingerprint density at radius 3 is 1.12 bits per heavy atom. The van der Waals surface area contributed by atoms with Gasteiger partial charge in [-0.25, -0.2) is 0 Å². The smallest absolute Gasteiger partial charge is 0.306 e. The number of allylic oxidation sites excluding steroid dienone is 8. The van der Waals surface area contributed by atoms with E-state index in [9.17, 15) is 14.4 Å². The highest BCUT2D eigenvalue weighted by molar-refractivity contribution is 5.71. The normalized spacial score (nSPS) is 12.4. The molecule has 0 aromatic carbocycles. The van der Waals surface area contributed by atoms with Gasteiger partial charge >= 0.3 is 17.9 Å². The van der Waals surface area contributed by atoms with Gasteiger partial charge in [0, 0.05) is 19.3 Å². The minimum Gasteiger partial charge on any atom is -0.462 e. The van der Waals surface area contributed by atoms with Gasteiger partial charge in [0.2, 0.25) is 0 Å². The van der Waals surface area contributed by atoms with Crippen molar-refractivity contribution in [1.29, 1.82) is 0 Å². The maximum atomic E-state index is 12.7. The van der Waals surface area contributed by atoms with E-state index in [1.54, 1.807) is 0 Å². The first-order chi connectivity index (χ1) is 28.5. The van der Waals surface area contributed by atoms with Crippen molar-refractivity contribution in [3.05, 3.63) is 48.6 Å². The Kier molecular flexibility index (Phi) is 44.9. The van der Waals surface area contributed by atoms with Gasteiger partial charge in [-0.2, -0.15) is 0 Å². The van der Waals surface area contributed by atoms with Gasteiger partial charge in [0.1, 0.15) is 13.2 Å². The second kappa shape index (κ2) is 47.1. The van der Waals surface area contributed by atoms with Gasteiger partial charge in [0.15, 0.2) is 6.10 Å². The van der Waals surface area contributed by atoms with E-state index in [4.69, 9.17) is 14.2 Å². The van der Waals surface area contributed by atoms with Crippen LogP contribution in [0.2, 0.25) is 0 Å². The van der Waals surface area contributed by atoms with Crippen molar-refractivity contribution in [3.8, 4) is 0 Å². The molecule has 0 saturated carbocycles. The summed E-state index contributed by atoms with van der Waals surface area (Å²) < 4.78 is 16.7. The van der Waals surface area contributed by atoms with Gasteiger partial charge in [-0.1, -0.05) is 204 Å². The number of rotatable bonds is 44. The largest absolute Gasteiger partial charge is 0.462 e. The van der Waals surface area contributed by atoms with Crippen LogP contribution in [0.25, 0.3) is 0 Å². The summed E-state index contributed by atoms with van der Waals surface area (Å²) >= 11 is 0. The van der Waals surface area contributed by atoms with E-state index in [2.05, 4.69) is 69.4 Å². The lowest BCUT2D eigenvalue weighted by atomic mass is 10.0. The topological polar surface area (TPSA) is 78.9 Å². The van der Waals surface area contributed by atoms with Crippen molar-refractivity contribution in [2.75, 3.05) is 13.2 Å². The Hall–Kier alpha value is -2.63. The molecule has 0 saturated heterocycles. The Bertz CT molecular complexity index is 1030. The first-order valence-corrected chi connectivity index (χ1v) is 24.6. The predicted molar refractivity (Wildman–Crippen MR) is 247 cm³/mol. The number of hydrogen-bond donors (Lipinski definition) is 0. The van der Waals surface area contributed by atoms with Crippen LogP contribution in [0.15, 0.2) is 48.6 Å². The van der Waals surface area contributed by atoms with Crippen LogP contribution in [0.1, 0.15) is 245 Å². The van der Waals surface area contributed by atoms with Crippen LogP contribution in [-0.4, -0.2) is 37.2 Å². The molecule has 0 N–H and O–H groups in total. The lowest BCUT2D eigenvalue weighted by molar-refractivity contribution is -0.167. The first kappa shape index (κ1) is 55.4. The number of ether oxygens (including phenoxy) is 3. The third kappa shape index (κ3) is 44.5. The number of unbranched alkanes of at least 4 members (excludes halogenated alkanes) is 25. The average Bonchev–Trinajstić information content (AvgIpc) is 3.22. The summed E-state index contributed by atoms with van der Waals surface area (Å²) in [5.41, 5.74) is 0. The molecular formula is C52H92O6. The van der Waals surface area contributed by atoms with E-state index in [0.717, 1.165) is 109 Å². The molecule has 1 unspecified atom stereocenters. The van der Waals surface area contributed by atoms with Gasteiger partial charge in [-0.3, -0.25) is 14.4 Å². The Labute approximate surface area is 358 Å². The molecule has 0 aromatic heterocycles. The van der Waals surface area contributed by atoms with Crippen LogP contribution in [0.5, 0.6) is 0 Å². The summed E-state index contributed by atoms with van der Waals surface area (Å²) in [6.07, 6.45) is 55.3. The fraction of sp³-hybridized carbons (Fsp3) is 0.788. The van der Waals surface area contributed by atoms with Crippen molar-refractivity contribution in [2.45, 2.75) is 252 Å². The molecule has 336 valence electrons. The van der Waals surface area contributed by atoms with E-state index >= 15 is 0 Å². The average molecular weight is 813 g/mol. The quantitative estimate of drug-likeness (QED) is 0.0264. The Morgan fingerprint density at radius 2 is 0.690 bits per heavy atom. The molecule has 0 fully saturated rings. The van der Waals surface area contributed by atoms with Gasteiger partial charge < -0.3 is 14.2 Å². The van der Waals surface area contributed by atoms with E-state index in [-0.39, 0.29) is 31.1 Å². The number of esters is 3. The fourth-order valence-corrected chi connectivity index (χ4v) is 6.85. The van der Waals surface area contributed by atoms with Crippen molar-refractivity contribution in [1.82, 2.24) is 0 Å². The summed E-state index contributed by atoms with van der Waals surface area (Å²) in [6, 6.07) is 0. The third-order valence-corrected chi connectivity index (χ3v) is 10.6. The van der Waals surface area contributed by atoms with Crippen molar-refractivity contribution >= 4 is 17.9 Å². The molecule has 0 aliphatic carbocycles. The van der Waals surface area contributed by atoms with Gasteiger partial charge in [-0.05, 0) is 70.6 Å². The van der Waals surface area contributed by atoms with Crippen molar-refractivity contribution in [3.63, 3.8) is 0 Å². The highest BCUT2D eigenvalue weighted by atomic mass is 16.6. The zero-order valence-corrected chi connectivity index (χ0v) is 38.3. The summed E-state index contributed by atoms with van der Waals surface area (Å²) in [4.78, 5) is 37.8. The molecule has 0 radical (unpaired) electrons. The standard InChI is InChI=1S/C52H92O6/c1-4-7-10-13-16-19-22-24-26-27-29-30-33-36-39-42-45-51(54)57-48-49(47-56-50(53)44-41-38-35-32-21-18-15-12-9-6-3)58-52(55)46-43-40-37-34-31-28-25-23-20-17-14-11-8-5-2/h8,11,15,17-18,20,25,28,49H,4-7,9-10,12-14,16,19,21-24,26-27,29-48H2,1-3H3/b11-8-,18-15-,20-17-,28-25-. The third-order valence-electron chi connectivity index (χ3n) is 10.6. The first-order valence-electron chi connectivity index (χ1n) is 24.6. The highest BCUT2D eigenvalue weighted by Crippen LogP contribution is 2.15. The molecule has 58 heavy (non-hydrogen) atoms. The van der Waals surface area contributed by atoms with Gasteiger partial charge in [-0.15, -0.1) is 0 Å². The monoisotopic (exact) mass is 813 g/mol. The highest BCUT2D eigenvalue weighted by Gasteiger charge is 2.19. The van der Waals surface area contributed by atoms with Crippen molar-refractivity contribution in [2.24, 2.45) is 0 Å². The van der Waals surface area contributed by atoms with Crippen LogP contribution >= 0.6 is 0 Å². The number of hydrogen-bond acceptors (Lipinski definition) is 6. The molecular weight excluding hydrogens is 721 g/mol. The molecule has 0 amide bonds. The maximum Gasteiger partial charge on any atom is 0.306 e. The molecule has 0 rings (SSSR count). The SMILES string of the molecule is CC/C=C\C/C=C\C/C=C\CCCCCCC(=O)OC(COC(=O)CCCCCC/C=C\CCCC)COC(=O)CCCCCCCCCCCCCCCCCC. The summed E-state index contributed by atoms with van der Waals surface area (Å²) in [6.45, 7) is 6.46. The molecule has 0 heterocycles. The zero-order valence-electron chi connectivity index (χ0n) is 38.3. The van der Waals surface area contributed by atoms with Gasteiger partial charge in [0.05, 0.1) is 0 Å². The summed E-state index contributed by atoms with van der Waals surface area (Å²) in [5.74, 6) is -0.916. The second-order valence-electron chi connectivity index (χ2n) is 16.3. The molecule has 0 aliphatic heterocycles. The molecule has 6 nitrogen and oxygen atoms in total. The molecule has 0 bridgehead atoms. The minimum atomic E-state index is -0.785. The summed E-state index contributed by atoms with van der Waals surface area (Å²) in [5, 5.41) is 0. The lowest BCUT2D eigenvalue weighted by Gasteiger charge is -2.18. The minimum absolute atomic E-state index is 0.0839. The molecule has 1 atom stereocenters. The van der Waals surface area contributed by atoms with E-state index in [0.29, 0.717) is 19.3 Å². The van der Waals surface area contributed by atoms with Crippen LogP contribution < -0.4 is 0 Å². The maximum absolute atomic E-state index is 12.7. The van der Waals surface area contributed by atoms with Crippen LogP contribution in [-0.2, 0) is 28.6 Å². The molecule has 0 spiro atoms. The summed E-state index contributed by atoms with van der Waals surface area (Å²) in [7, 11) is 0. The van der Waals surface area contributed by atoms with Crippen LogP contribution in [0, 0.1) is 0 Å². The van der Waals surface area contributed by atoms with Crippen LogP contribution in [0.4, 0.5) is 0 Å². The Balaban J connectivity index is 4.37. The molecule has 0 aliphatic rings. The molecule has 0 aromatic rings. The van der Waals surface area contributed by atoms with Crippen LogP contribution in [0.3, 0.4) is 0 Å². The lowest BCUT2D eigenvalue weighted by Crippen LogP contribution is -2.30. The zero-order chi connectivity index (χ0) is 42.3.